The van der Waals surface area contributed by atoms with Gasteiger partial charge in [0.15, 0.2) is 0 Å². The van der Waals surface area contributed by atoms with Crippen molar-refractivity contribution < 1.29 is 13.9 Å². The van der Waals surface area contributed by atoms with Gasteiger partial charge in [-0.3, -0.25) is 4.79 Å². The van der Waals surface area contributed by atoms with Gasteiger partial charge < -0.3 is 4.74 Å². The van der Waals surface area contributed by atoms with Crippen LogP contribution in [0.15, 0.2) is 48.5 Å². The zero-order valence-electron chi connectivity index (χ0n) is 20.1. The van der Waals surface area contributed by atoms with E-state index in [1.165, 1.54) is 86.8 Å². The first-order valence-electron chi connectivity index (χ1n) is 13.2. The van der Waals surface area contributed by atoms with Crippen molar-refractivity contribution in [2.75, 3.05) is 0 Å². The normalized spacial score (nSPS) is 25.5. The summed E-state index contributed by atoms with van der Waals surface area (Å²) in [6.45, 7) is 2.29. The number of ether oxygens (including phenoxy) is 1. The molecule has 0 aliphatic heterocycles. The zero-order chi connectivity index (χ0) is 23.0. The fraction of sp³-hybridized carbons (Fsp3) is 0.567. The lowest BCUT2D eigenvalue weighted by Gasteiger charge is -2.30. The first-order valence-corrected chi connectivity index (χ1v) is 13.2. The SMILES string of the molecule is CCCCCC1CCC(c2ccc(C3CCC(C(=O)Oc4ccc(F)cc4)CC3)cc2)CC1. The first kappa shape index (κ1) is 24.0. The summed E-state index contributed by atoms with van der Waals surface area (Å²) in [5.41, 5.74) is 2.93. The molecule has 4 rings (SSSR count). The summed E-state index contributed by atoms with van der Waals surface area (Å²) in [5.74, 6) is 2.09. The van der Waals surface area contributed by atoms with Crippen molar-refractivity contribution in [2.24, 2.45) is 11.8 Å². The molecule has 2 saturated carbocycles. The average Bonchev–Trinajstić information content (AvgIpc) is 2.86. The number of esters is 1. The van der Waals surface area contributed by atoms with Gasteiger partial charge in [0.05, 0.1) is 5.92 Å². The van der Waals surface area contributed by atoms with E-state index in [1.807, 2.05) is 0 Å². The number of benzene rings is 2. The minimum atomic E-state index is -0.323. The van der Waals surface area contributed by atoms with Crippen LogP contribution in [-0.2, 0) is 4.79 Å². The van der Waals surface area contributed by atoms with Crippen LogP contribution in [0.25, 0.3) is 0 Å². The number of hydrogen-bond acceptors (Lipinski definition) is 2. The van der Waals surface area contributed by atoms with Gasteiger partial charge in [-0.25, -0.2) is 4.39 Å². The molecule has 2 fully saturated rings. The molecule has 0 bridgehead atoms. The molecule has 3 heteroatoms. The maximum atomic E-state index is 13.0. The Hall–Kier alpha value is -2.16. The molecule has 2 aromatic carbocycles. The lowest BCUT2D eigenvalue weighted by Crippen LogP contribution is -2.25. The van der Waals surface area contributed by atoms with Crippen LogP contribution in [0.5, 0.6) is 5.75 Å². The Morgan fingerprint density at radius 2 is 1.33 bits per heavy atom. The highest BCUT2D eigenvalue weighted by atomic mass is 19.1. The number of halogens is 1. The third-order valence-corrected chi connectivity index (χ3v) is 8.03. The summed E-state index contributed by atoms with van der Waals surface area (Å²) in [7, 11) is 0. The van der Waals surface area contributed by atoms with Crippen molar-refractivity contribution in [3.05, 3.63) is 65.5 Å². The maximum absolute atomic E-state index is 13.0. The second-order valence-corrected chi connectivity index (χ2v) is 10.3. The molecule has 0 N–H and O–H groups in total. The minimum Gasteiger partial charge on any atom is -0.426 e. The third-order valence-electron chi connectivity index (χ3n) is 8.03. The van der Waals surface area contributed by atoms with E-state index in [0.29, 0.717) is 11.7 Å². The lowest BCUT2D eigenvalue weighted by molar-refractivity contribution is -0.140. The number of hydrogen-bond donors (Lipinski definition) is 0. The van der Waals surface area contributed by atoms with Crippen molar-refractivity contribution >= 4 is 5.97 Å². The highest BCUT2D eigenvalue weighted by Crippen LogP contribution is 2.40. The molecule has 0 heterocycles. The molecule has 2 aromatic rings. The topological polar surface area (TPSA) is 26.3 Å². The quantitative estimate of drug-likeness (QED) is 0.229. The van der Waals surface area contributed by atoms with Crippen molar-refractivity contribution in [3.8, 4) is 5.75 Å². The molecule has 0 amide bonds. The molecule has 178 valence electrons. The number of carbonyl (C=O) groups excluding carboxylic acids is 1. The molecule has 2 aliphatic carbocycles. The van der Waals surface area contributed by atoms with Gasteiger partial charge >= 0.3 is 5.97 Å². The van der Waals surface area contributed by atoms with Crippen LogP contribution in [0, 0.1) is 17.7 Å². The summed E-state index contributed by atoms with van der Waals surface area (Å²) >= 11 is 0. The highest BCUT2D eigenvalue weighted by Gasteiger charge is 2.29. The van der Waals surface area contributed by atoms with E-state index in [2.05, 4.69) is 31.2 Å². The fourth-order valence-electron chi connectivity index (χ4n) is 5.87. The van der Waals surface area contributed by atoms with Crippen molar-refractivity contribution in [1.29, 1.82) is 0 Å². The van der Waals surface area contributed by atoms with Gasteiger partial charge in [0.25, 0.3) is 0 Å². The Labute approximate surface area is 198 Å². The molecule has 2 aliphatic rings. The second kappa shape index (κ2) is 11.8. The van der Waals surface area contributed by atoms with Gasteiger partial charge in [0.2, 0.25) is 0 Å². The predicted molar refractivity (Wildman–Crippen MR) is 132 cm³/mol. The molecule has 0 radical (unpaired) electrons. The molecule has 2 nitrogen and oxygen atoms in total. The number of unbranched alkanes of at least 4 members (excludes halogenated alkanes) is 2. The summed E-state index contributed by atoms with van der Waals surface area (Å²) in [6, 6.07) is 15.1. The predicted octanol–water partition coefficient (Wildman–Crippen LogP) is 8.56. The van der Waals surface area contributed by atoms with Crippen molar-refractivity contribution in [3.63, 3.8) is 0 Å². The van der Waals surface area contributed by atoms with Crippen LogP contribution >= 0.6 is 0 Å². The van der Waals surface area contributed by atoms with Gasteiger partial charge in [0.1, 0.15) is 11.6 Å². The molecule has 33 heavy (non-hydrogen) atoms. The first-order chi connectivity index (χ1) is 16.1. The van der Waals surface area contributed by atoms with Crippen LogP contribution in [0.1, 0.15) is 107 Å². The second-order valence-electron chi connectivity index (χ2n) is 10.3. The van der Waals surface area contributed by atoms with Gasteiger partial charge in [0, 0.05) is 0 Å². The summed E-state index contributed by atoms with van der Waals surface area (Å²) in [6.07, 6.45) is 14.8. The van der Waals surface area contributed by atoms with E-state index >= 15 is 0 Å². The molecule has 0 saturated heterocycles. The number of rotatable bonds is 8. The Morgan fingerprint density at radius 3 is 1.88 bits per heavy atom. The van der Waals surface area contributed by atoms with E-state index < -0.39 is 0 Å². The highest BCUT2D eigenvalue weighted by molar-refractivity contribution is 5.75. The summed E-state index contributed by atoms with van der Waals surface area (Å²) in [4.78, 5) is 12.5. The van der Waals surface area contributed by atoms with Crippen LogP contribution in [-0.4, -0.2) is 5.97 Å². The smallest absolute Gasteiger partial charge is 0.314 e. The van der Waals surface area contributed by atoms with Crippen LogP contribution in [0.3, 0.4) is 0 Å². The van der Waals surface area contributed by atoms with Gasteiger partial charge in [-0.1, -0.05) is 56.9 Å². The van der Waals surface area contributed by atoms with E-state index in [9.17, 15) is 9.18 Å². The Kier molecular flexibility index (Phi) is 8.58. The van der Waals surface area contributed by atoms with Gasteiger partial charge in [-0.15, -0.1) is 0 Å². The van der Waals surface area contributed by atoms with Crippen molar-refractivity contribution in [2.45, 2.75) is 95.8 Å². The molecule has 0 unspecified atom stereocenters. The summed E-state index contributed by atoms with van der Waals surface area (Å²) in [5, 5.41) is 0. The maximum Gasteiger partial charge on any atom is 0.314 e. The van der Waals surface area contributed by atoms with Crippen LogP contribution < -0.4 is 4.74 Å². The van der Waals surface area contributed by atoms with Crippen LogP contribution in [0.2, 0.25) is 0 Å². The third kappa shape index (κ3) is 6.68. The monoisotopic (exact) mass is 450 g/mol. The lowest BCUT2D eigenvalue weighted by atomic mass is 9.76. The Morgan fingerprint density at radius 1 is 0.788 bits per heavy atom. The summed E-state index contributed by atoms with van der Waals surface area (Å²) < 4.78 is 18.5. The average molecular weight is 451 g/mol. The standard InChI is InChI=1S/C30H39FO2/c1-2-3-4-5-22-6-8-23(9-7-22)24-10-12-25(13-11-24)26-14-16-27(17-15-26)30(32)33-29-20-18-28(31)19-21-29/h10-13,18-23,26-27H,2-9,14-17H2,1H3. The van der Waals surface area contributed by atoms with Crippen LogP contribution in [0.4, 0.5) is 4.39 Å². The van der Waals surface area contributed by atoms with E-state index in [-0.39, 0.29) is 17.7 Å². The molecule has 0 spiro atoms. The fourth-order valence-corrected chi connectivity index (χ4v) is 5.87. The van der Waals surface area contributed by atoms with Crippen molar-refractivity contribution in [1.82, 2.24) is 0 Å². The molecular formula is C30H39FO2. The van der Waals surface area contributed by atoms with E-state index in [0.717, 1.165) is 37.5 Å². The zero-order valence-corrected chi connectivity index (χ0v) is 20.1. The Balaban J connectivity index is 1.22. The van der Waals surface area contributed by atoms with E-state index in [1.54, 1.807) is 0 Å². The molecule has 0 aromatic heterocycles. The number of carbonyl (C=O) groups is 1. The minimum absolute atomic E-state index is 0.0573. The van der Waals surface area contributed by atoms with E-state index in [4.69, 9.17) is 4.74 Å². The van der Waals surface area contributed by atoms with Gasteiger partial charge in [-0.05, 0) is 105 Å². The molecular weight excluding hydrogens is 411 g/mol. The van der Waals surface area contributed by atoms with Gasteiger partial charge in [-0.2, -0.15) is 0 Å². The largest absolute Gasteiger partial charge is 0.426 e. The molecule has 0 atom stereocenters. The Bertz CT molecular complexity index is 857.